The van der Waals surface area contributed by atoms with Crippen LogP contribution in [-0.2, 0) is 9.53 Å². The third kappa shape index (κ3) is 4.68. The van der Waals surface area contributed by atoms with Gasteiger partial charge >= 0.3 is 11.9 Å². The number of nitrogens with zero attached hydrogens (tertiary/aromatic N) is 2. The fourth-order valence-electron chi connectivity index (χ4n) is 3.22. The van der Waals surface area contributed by atoms with Crippen LogP contribution in [-0.4, -0.2) is 29.9 Å². The maximum absolute atomic E-state index is 12.3. The quantitative estimate of drug-likeness (QED) is 0.176. The van der Waals surface area contributed by atoms with Gasteiger partial charge in [0.25, 0.3) is 5.69 Å². The van der Waals surface area contributed by atoms with E-state index < -0.39 is 16.9 Å². The van der Waals surface area contributed by atoms with E-state index in [0.717, 1.165) is 0 Å². The molecule has 34 heavy (non-hydrogen) atoms. The number of hydrogen-bond donors (Lipinski definition) is 0. The predicted molar refractivity (Wildman–Crippen MR) is 123 cm³/mol. The molecule has 170 valence electrons. The number of rotatable bonds is 6. The van der Waals surface area contributed by atoms with Gasteiger partial charge in [0.05, 0.1) is 17.6 Å². The first-order valence-electron chi connectivity index (χ1n) is 10.1. The minimum atomic E-state index is -0.697. The maximum Gasteiger partial charge on any atom is 0.363 e. The normalized spacial score (nSPS) is 13.9. The van der Waals surface area contributed by atoms with Gasteiger partial charge in [-0.15, -0.1) is 0 Å². The van der Waals surface area contributed by atoms with Crippen molar-refractivity contribution < 1.29 is 28.7 Å². The van der Waals surface area contributed by atoms with Gasteiger partial charge in [-0.1, -0.05) is 30.3 Å². The molecule has 0 aliphatic carbocycles. The second-order valence-electron chi connectivity index (χ2n) is 7.26. The molecule has 0 unspecified atom stereocenters. The van der Waals surface area contributed by atoms with E-state index in [-0.39, 0.29) is 28.8 Å². The number of carbonyl (C=O) groups is 2. The van der Waals surface area contributed by atoms with Crippen molar-refractivity contribution in [2.24, 2.45) is 4.99 Å². The van der Waals surface area contributed by atoms with Gasteiger partial charge in [0.1, 0.15) is 0 Å². The van der Waals surface area contributed by atoms with Gasteiger partial charge in [-0.05, 0) is 48.9 Å². The molecule has 9 heteroatoms. The van der Waals surface area contributed by atoms with E-state index in [4.69, 9.17) is 14.2 Å². The first kappa shape index (κ1) is 22.4. The number of nitro groups is 1. The summed E-state index contributed by atoms with van der Waals surface area (Å²) in [7, 11) is 1.43. The SMILES string of the molecule is COc1cc(/C=C2\N=C(c3ccc(C)c([N+](=O)[O-])c3)OC2=O)ccc1OC(=O)c1ccccc1. The lowest BCUT2D eigenvalue weighted by Gasteiger charge is -2.10. The van der Waals surface area contributed by atoms with Gasteiger partial charge in [-0.3, -0.25) is 10.1 Å². The molecule has 3 aromatic carbocycles. The van der Waals surface area contributed by atoms with Crippen molar-refractivity contribution in [1.82, 2.24) is 0 Å². The topological polar surface area (TPSA) is 117 Å². The van der Waals surface area contributed by atoms with Crippen molar-refractivity contribution in [3.05, 3.63) is 105 Å². The summed E-state index contributed by atoms with van der Waals surface area (Å²) >= 11 is 0. The highest BCUT2D eigenvalue weighted by molar-refractivity contribution is 6.13. The Labute approximate surface area is 194 Å². The van der Waals surface area contributed by atoms with E-state index in [1.807, 2.05) is 0 Å². The zero-order valence-electron chi connectivity index (χ0n) is 18.2. The van der Waals surface area contributed by atoms with Crippen LogP contribution in [0, 0.1) is 17.0 Å². The molecule has 3 aromatic rings. The van der Waals surface area contributed by atoms with Crippen LogP contribution in [0.2, 0.25) is 0 Å². The Hall–Kier alpha value is -4.79. The Bertz CT molecular complexity index is 1360. The average molecular weight is 458 g/mol. The summed E-state index contributed by atoms with van der Waals surface area (Å²) in [6, 6.07) is 17.7. The van der Waals surface area contributed by atoms with Crippen LogP contribution < -0.4 is 9.47 Å². The molecule has 0 saturated carbocycles. The molecule has 4 rings (SSSR count). The lowest BCUT2D eigenvalue weighted by molar-refractivity contribution is -0.385. The van der Waals surface area contributed by atoms with Crippen molar-refractivity contribution in [1.29, 1.82) is 0 Å². The van der Waals surface area contributed by atoms with Gasteiger partial charge in [0.2, 0.25) is 5.90 Å². The fraction of sp³-hybridized carbons (Fsp3) is 0.0800. The zero-order chi connectivity index (χ0) is 24.2. The van der Waals surface area contributed by atoms with Gasteiger partial charge in [-0.25, -0.2) is 14.6 Å². The van der Waals surface area contributed by atoms with Crippen molar-refractivity contribution in [3.8, 4) is 11.5 Å². The van der Waals surface area contributed by atoms with Crippen molar-refractivity contribution in [2.75, 3.05) is 7.11 Å². The number of benzene rings is 3. The van der Waals surface area contributed by atoms with E-state index >= 15 is 0 Å². The zero-order valence-corrected chi connectivity index (χ0v) is 18.2. The lowest BCUT2D eigenvalue weighted by Crippen LogP contribution is -2.09. The van der Waals surface area contributed by atoms with Crippen LogP contribution in [0.4, 0.5) is 5.69 Å². The summed E-state index contributed by atoms with van der Waals surface area (Å²) in [5.74, 6) is -0.769. The summed E-state index contributed by atoms with van der Waals surface area (Å²) in [6.07, 6.45) is 1.48. The highest BCUT2D eigenvalue weighted by Crippen LogP contribution is 2.31. The number of aryl methyl sites for hydroxylation is 1. The molecular weight excluding hydrogens is 440 g/mol. The lowest BCUT2D eigenvalue weighted by atomic mass is 10.1. The Morgan fingerprint density at radius 1 is 1.06 bits per heavy atom. The van der Waals surface area contributed by atoms with Gasteiger partial charge in [0.15, 0.2) is 17.2 Å². The molecular formula is C25H18N2O7. The third-order valence-electron chi connectivity index (χ3n) is 4.98. The van der Waals surface area contributed by atoms with Crippen molar-refractivity contribution in [2.45, 2.75) is 6.92 Å². The van der Waals surface area contributed by atoms with E-state index in [1.165, 1.54) is 19.3 Å². The van der Waals surface area contributed by atoms with Gasteiger partial charge in [-0.2, -0.15) is 0 Å². The van der Waals surface area contributed by atoms with E-state index in [0.29, 0.717) is 22.3 Å². The Balaban J connectivity index is 1.59. The second kappa shape index (κ2) is 9.37. The van der Waals surface area contributed by atoms with E-state index in [1.54, 1.807) is 67.6 Å². The summed E-state index contributed by atoms with van der Waals surface area (Å²) in [5.41, 5.74) is 1.64. The Morgan fingerprint density at radius 3 is 2.53 bits per heavy atom. The molecule has 0 fully saturated rings. The maximum atomic E-state index is 12.3. The van der Waals surface area contributed by atoms with Crippen LogP contribution in [0.3, 0.4) is 0 Å². The molecule has 0 atom stereocenters. The Kier molecular flexibility index (Phi) is 6.18. The molecule has 9 nitrogen and oxygen atoms in total. The molecule has 1 aliphatic heterocycles. The fourth-order valence-corrected chi connectivity index (χ4v) is 3.22. The van der Waals surface area contributed by atoms with Crippen LogP contribution in [0.25, 0.3) is 6.08 Å². The van der Waals surface area contributed by atoms with Gasteiger partial charge < -0.3 is 14.2 Å². The van der Waals surface area contributed by atoms with Crippen molar-refractivity contribution in [3.63, 3.8) is 0 Å². The third-order valence-corrected chi connectivity index (χ3v) is 4.98. The number of ether oxygens (including phenoxy) is 3. The number of aliphatic imine (C=N–C) groups is 1. The van der Waals surface area contributed by atoms with E-state index in [2.05, 4.69) is 4.99 Å². The van der Waals surface area contributed by atoms with Crippen molar-refractivity contribution >= 4 is 29.6 Å². The monoisotopic (exact) mass is 458 g/mol. The number of esters is 2. The van der Waals surface area contributed by atoms with E-state index in [9.17, 15) is 19.7 Å². The summed E-state index contributed by atoms with van der Waals surface area (Å²) < 4.78 is 16.0. The molecule has 0 radical (unpaired) electrons. The predicted octanol–water partition coefficient (Wildman–Crippen LogP) is 4.48. The summed E-state index contributed by atoms with van der Waals surface area (Å²) in [5, 5.41) is 11.2. The molecule has 0 saturated heterocycles. The molecule has 1 heterocycles. The molecule has 0 spiro atoms. The highest BCUT2D eigenvalue weighted by atomic mass is 16.6. The summed E-state index contributed by atoms with van der Waals surface area (Å²) in [6.45, 7) is 1.61. The molecule has 1 aliphatic rings. The smallest absolute Gasteiger partial charge is 0.363 e. The molecule has 0 aromatic heterocycles. The molecule has 0 bridgehead atoms. The van der Waals surface area contributed by atoms with Crippen LogP contribution >= 0.6 is 0 Å². The largest absolute Gasteiger partial charge is 0.493 e. The summed E-state index contributed by atoms with van der Waals surface area (Å²) in [4.78, 5) is 39.5. The Morgan fingerprint density at radius 2 is 1.82 bits per heavy atom. The number of hydrogen-bond acceptors (Lipinski definition) is 8. The van der Waals surface area contributed by atoms with Crippen LogP contribution in [0.15, 0.2) is 77.4 Å². The first-order chi connectivity index (χ1) is 16.4. The standard InChI is InChI=1S/C25H18N2O7/c1-15-8-10-18(14-20(15)27(30)31)23-26-19(25(29)34-23)12-16-9-11-21(22(13-16)32-2)33-24(28)17-6-4-3-5-7-17/h3-14H,1-2H3/b19-12-. The van der Waals surface area contributed by atoms with Crippen LogP contribution in [0.1, 0.15) is 27.0 Å². The van der Waals surface area contributed by atoms with Crippen LogP contribution in [0.5, 0.6) is 11.5 Å². The molecule has 0 amide bonds. The number of methoxy groups -OCH3 is 1. The number of nitro benzene ring substituents is 1. The highest BCUT2D eigenvalue weighted by Gasteiger charge is 2.26. The average Bonchev–Trinajstić information content (AvgIpc) is 3.20. The minimum Gasteiger partial charge on any atom is -0.493 e. The van der Waals surface area contributed by atoms with Gasteiger partial charge in [0, 0.05) is 17.2 Å². The first-order valence-corrected chi connectivity index (χ1v) is 10.1. The number of carbonyl (C=O) groups excluding carboxylic acids is 2. The molecule has 0 N–H and O–H groups in total. The minimum absolute atomic E-state index is 0.00862. The second-order valence-corrected chi connectivity index (χ2v) is 7.26. The number of cyclic esters (lactones) is 1.